The van der Waals surface area contributed by atoms with Crippen molar-refractivity contribution in [1.29, 1.82) is 0 Å². The standard InChI is InChI=1S/C44H30N6/c45-50-44-38-26-25-36(48-38)41(30-17-9-3-10-18-30)34-22-21-33(46-34)40(29-15-7-2-8-16-29)35-23-24-37(47-35)42(31-19-11-4-12-20-31)43-32(27-39(44)49-43)28-13-5-1-6-14-28/h1-27,50H,45H2. The van der Waals surface area contributed by atoms with Gasteiger partial charge in [0, 0.05) is 22.3 Å². The Balaban J connectivity index is 1.39. The SMILES string of the molecule is NNC1=C2C=C(c3ccccc3)C(=N2)C(c2ccccc2)=C2C=CC(=N2)C(c2ccccc2)=C2C=CC(=N2)C(c2ccccc2)=C2C=CC1=N2. The van der Waals surface area contributed by atoms with Crippen LogP contribution in [0.1, 0.15) is 22.3 Å². The van der Waals surface area contributed by atoms with Crippen molar-refractivity contribution in [3.05, 3.63) is 215 Å². The molecule has 5 heterocycles. The average Bonchev–Trinajstić information content (AvgIpc) is 4.01. The molecule has 0 saturated carbocycles. The molecule has 0 atom stereocenters. The minimum atomic E-state index is 0.624. The van der Waals surface area contributed by atoms with Crippen LogP contribution in [0.15, 0.2) is 212 Å². The lowest BCUT2D eigenvalue weighted by Crippen LogP contribution is -2.26. The quantitative estimate of drug-likeness (QED) is 0.169. The highest BCUT2D eigenvalue weighted by Gasteiger charge is 2.30. The summed E-state index contributed by atoms with van der Waals surface area (Å²) in [6, 6.07) is 41.3. The van der Waals surface area contributed by atoms with Gasteiger partial charge in [0.15, 0.2) is 0 Å². The normalized spacial score (nSPS) is 17.7. The molecule has 0 amide bonds. The predicted octanol–water partition coefficient (Wildman–Crippen LogP) is 8.48. The monoisotopic (exact) mass is 642 g/mol. The Bertz CT molecular complexity index is 2450. The Morgan fingerprint density at radius 2 is 0.780 bits per heavy atom. The first kappa shape index (κ1) is 29.4. The molecule has 0 fully saturated rings. The van der Waals surface area contributed by atoms with Gasteiger partial charge < -0.3 is 5.43 Å². The molecule has 8 bridgehead atoms. The van der Waals surface area contributed by atoms with Crippen LogP contribution in [0.25, 0.3) is 22.3 Å². The number of nitrogens with two attached hydrogens (primary N) is 1. The molecule has 6 heteroatoms. The molecular weight excluding hydrogens is 613 g/mol. The van der Waals surface area contributed by atoms with Gasteiger partial charge in [-0.1, -0.05) is 121 Å². The third-order valence-corrected chi connectivity index (χ3v) is 9.13. The minimum absolute atomic E-state index is 0.624. The number of hydrogen-bond acceptors (Lipinski definition) is 6. The Morgan fingerprint density at radius 1 is 0.380 bits per heavy atom. The molecule has 4 aromatic rings. The molecule has 0 spiro atoms. The molecule has 0 aromatic heterocycles. The van der Waals surface area contributed by atoms with E-state index in [4.69, 9.17) is 25.8 Å². The third-order valence-electron chi connectivity index (χ3n) is 9.13. The number of hydrazine groups is 1. The zero-order chi connectivity index (χ0) is 33.4. The molecule has 6 nitrogen and oxygen atoms in total. The molecule has 0 saturated heterocycles. The lowest BCUT2D eigenvalue weighted by Gasteiger charge is -2.14. The molecule has 9 rings (SSSR count). The number of rotatable bonds is 5. The predicted molar refractivity (Wildman–Crippen MR) is 206 cm³/mol. The van der Waals surface area contributed by atoms with Crippen LogP contribution in [0.4, 0.5) is 0 Å². The summed E-state index contributed by atoms with van der Waals surface area (Å²) in [4.78, 5) is 21.1. The molecule has 0 unspecified atom stereocenters. The second-order valence-electron chi connectivity index (χ2n) is 12.2. The van der Waals surface area contributed by atoms with Gasteiger partial charge in [-0.15, -0.1) is 0 Å². The van der Waals surface area contributed by atoms with E-state index in [1.54, 1.807) is 0 Å². The number of nitrogens with one attached hydrogen (secondary N) is 1. The fourth-order valence-corrected chi connectivity index (χ4v) is 6.85. The summed E-state index contributed by atoms with van der Waals surface area (Å²) in [5.74, 6) is 6.30. The van der Waals surface area contributed by atoms with Crippen molar-refractivity contribution >= 4 is 45.1 Å². The maximum absolute atomic E-state index is 6.30. The van der Waals surface area contributed by atoms with Crippen molar-refractivity contribution in [2.24, 2.45) is 25.8 Å². The van der Waals surface area contributed by atoms with Crippen molar-refractivity contribution in [3.8, 4) is 0 Å². The van der Waals surface area contributed by atoms with Gasteiger partial charge in [0.25, 0.3) is 0 Å². The van der Waals surface area contributed by atoms with E-state index in [9.17, 15) is 0 Å². The number of aliphatic imine (C=N–C) groups is 4. The van der Waals surface area contributed by atoms with Gasteiger partial charge >= 0.3 is 0 Å². The van der Waals surface area contributed by atoms with Crippen LogP contribution in [0.2, 0.25) is 0 Å². The van der Waals surface area contributed by atoms with E-state index < -0.39 is 0 Å². The van der Waals surface area contributed by atoms with Gasteiger partial charge in [-0.05, 0) is 64.8 Å². The highest BCUT2D eigenvalue weighted by atomic mass is 15.2. The van der Waals surface area contributed by atoms with Crippen molar-refractivity contribution in [3.63, 3.8) is 0 Å². The van der Waals surface area contributed by atoms with Gasteiger partial charge in [-0.2, -0.15) is 0 Å². The molecule has 0 radical (unpaired) electrons. The van der Waals surface area contributed by atoms with E-state index in [0.717, 1.165) is 78.8 Å². The molecule has 5 aliphatic rings. The van der Waals surface area contributed by atoms with Crippen LogP contribution in [-0.4, -0.2) is 22.8 Å². The van der Waals surface area contributed by atoms with E-state index in [1.807, 2.05) is 72.8 Å². The number of fused-ring (bicyclic) bond motifs is 4. The zero-order valence-electron chi connectivity index (χ0n) is 27.0. The van der Waals surface area contributed by atoms with Crippen LogP contribution in [0, 0.1) is 0 Å². The fraction of sp³-hybridized carbons (Fsp3) is 0. The van der Waals surface area contributed by atoms with Crippen molar-refractivity contribution in [1.82, 2.24) is 5.43 Å². The Morgan fingerprint density at radius 3 is 1.26 bits per heavy atom. The summed E-state index contributed by atoms with van der Waals surface area (Å²) in [5.41, 5.74) is 17.7. The average molecular weight is 643 g/mol. The molecule has 3 N–H and O–H groups in total. The second-order valence-corrected chi connectivity index (χ2v) is 12.2. The number of hydrogen-bond donors (Lipinski definition) is 2. The number of allylic oxidation sites excluding steroid dienone is 11. The van der Waals surface area contributed by atoms with Gasteiger partial charge in [0.1, 0.15) is 5.70 Å². The Kier molecular flexibility index (Phi) is 7.26. The zero-order valence-corrected chi connectivity index (χ0v) is 27.0. The minimum Gasteiger partial charge on any atom is -0.320 e. The summed E-state index contributed by atoms with van der Waals surface area (Å²) in [5, 5.41) is 0. The smallest absolute Gasteiger partial charge is 0.100 e. The highest BCUT2D eigenvalue weighted by Crippen LogP contribution is 2.40. The van der Waals surface area contributed by atoms with Gasteiger partial charge in [0.2, 0.25) is 0 Å². The van der Waals surface area contributed by atoms with Gasteiger partial charge in [0.05, 0.1) is 45.6 Å². The highest BCUT2D eigenvalue weighted by molar-refractivity contribution is 6.48. The molecule has 5 aliphatic heterocycles. The lowest BCUT2D eigenvalue weighted by molar-refractivity contribution is 0.917. The Hall–Kier alpha value is -6.76. The fourth-order valence-electron chi connectivity index (χ4n) is 6.85. The summed E-state index contributed by atoms with van der Waals surface area (Å²) < 4.78 is 0. The largest absolute Gasteiger partial charge is 0.320 e. The number of nitrogens with zero attached hydrogens (tertiary/aromatic N) is 4. The van der Waals surface area contributed by atoms with E-state index in [2.05, 4.69) is 96.5 Å². The molecular formula is C44H30N6. The first-order chi connectivity index (χ1) is 24.7. The van der Waals surface area contributed by atoms with Crippen LogP contribution in [0.5, 0.6) is 0 Å². The third kappa shape index (κ3) is 5.12. The first-order valence-electron chi connectivity index (χ1n) is 16.5. The van der Waals surface area contributed by atoms with Crippen LogP contribution in [0.3, 0.4) is 0 Å². The molecule has 50 heavy (non-hydrogen) atoms. The van der Waals surface area contributed by atoms with E-state index in [0.29, 0.717) is 17.1 Å². The van der Waals surface area contributed by atoms with Crippen LogP contribution < -0.4 is 11.3 Å². The van der Waals surface area contributed by atoms with Crippen molar-refractivity contribution < 1.29 is 0 Å². The summed E-state index contributed by atoms with van der Waals surface area (Å²) in [6.07, 6.45) is 14.4. The van der Waals surface area contributed by atoms with E-state index in [-0.39, 0.29) is 0 Å². The summed E-state index contributed by atoms with van der Waals surface area (Å²) in [7, 11) is 0. The molecule has 0 aliphatic carbocycles. The maximum atomic E-state index is 6.30. The summed E-state index contributed by atoms with van der Waals surface area (Å²) >= 11 is 0. The summed E-state index contributed by atoms with van der Waals surface area (Å²) in [6.45, 7) is 0. The van der Waals surface area contributed by atoms with Gasteiger partial charge in [-0.3, -0.25) is 5.84 Å². The topological polar surface area (TPSA) is 87.5 Å². The van der Waals surface area contributed by atoms with Crippen LogP contribution >= 0.6 is 0 Å². The Labute approximate surface area is 290 Å². The molecule has 236 valence electrons. The van der Waals surface area contributed by atoms with Gasteiger partial charge in [-0.25, -0.2) is 20.0 Å². The van der Waals surface area contributed by atoms with Crippen LogP contribution in [-0.2, 0) is 0 Å². The molecule has 4 aromatic carbocycles. The van der Waals surface area contributed by atoms with Crippen molar-refractivity contribution in [2.45, 2.75) is 0 Å². The lowest BCUT2D eigenvalue weighted by atomic mass is 9.91. The maximum Gasteiger partial charge on any atom is 0.100 e. The van der Waals surface area contributed by atoms with E-state index in [1.165, 1.54) is 0 Å². The first-order valence-corrected chi connectivity index (χ1v) is 16.5. The van der Waals surface area contributed by atoms with Crippen molar-refractivity contribution in [2.75, 3.05) is 0 Å². The second kappa shape index (κ2) is 12.4. The number of benzene rings is 4. The van der Waals surface area contributed by atoms with E-state index >= 15 is 0 Å².